The zero-order valence-electron chi connectivity index (χ0n) is 21.9. The molecular weight excluding hydrogens is 496 g/mol. The number of sulfone groups is 1. The third-order valence-electron chi connectivity index (χ3n) is 6.38. The molecule has 0 N–H and O–H groups in total. The van der Waals surface area contributed by atoms with Gasteiger partial charge in [-0.1, -0.05) is 17.3 Å². The lowest BCUT2D eigenvalue weighted by molar-refractivity contribution is 0.0947. The van der Waals surface area contributed by atoms with Crippen molar-refractivity contribution >= 4 is 9.84 Å². The molecule has 0 radical (unpaired) electrons. The molecule has 37 heavy (non-hydrogen) atoms. The van der Waals surface area contributed by atoms with Crippen molar-refractivity contribution in [1.82, 2.24) is 29.9 Å². The van der Waals surface area contributed by atoms with Gasteiger partial charge in [-0.25, -0.2) is 18.4 Å². The summed E-state index contributed by atoms with van der Waals surface area (Å²) in [6, 6.07) is 5.55. The van der Waals surface area contributed by atoms with E-state index in [1.807, 2.05) is 32.9 Å². The van der Waals surface area contributed by atoms with E-state index in [1.54, 1.807) is 44.0 Å². The number of para-hydroxylation sites is 1. The Morgan fingerprint density at radius 3 is 2.35 bits per heavy atom. The van der Waals surface area contributed by atoms with Gasteiger partial charge in [-0.15, -0.1) is 10.2 Å². The highest BCUT2D eigenvalue weighted by atomic mass is 32.2. The second-order valence-corrected chi connectivity index (χ2v) is 11.3. The summed E-state index contributed by atoms with van der Waals surface area (Å²) >= 11 is 0. The van der Waals surface area contributed by atoms with E-state index in [0.717, 1.165) is 16.7 Å². The van der Waals surface area contributed by atoms with E-state index in [1.165, 1.54) is 7.11 Å². The van der Waals surface area contributed by atoms with Gasteiger partial charge in [-0.05, 0) is 51.8 Å². The molecule has 3 heterocycles. The maximum Gasteiger partial charge on any atom is 0.191 e. The summed E-state index contributed by atoms with van der Waals surface area (Å²) in [6.07, 6.45) is 2.39. The van der Waals surface area contributed by atoms with E-state index in [4.69, 9.17) is 14.0 Å². The summed E-state index contributed by atoms with van der Waals surface area (Å²) in [5.41, 5.74) is 3.57. The average molecular weight is 527 g/mol. The van der Waals surface area contributed by atoms with Crippen molar-refractivity contribution in [2.45, 2.75) is 51.7 Å². The first kappa shape index (κ1) is 26.4. The van der Waals surface area contributed by atoms with Crippen LogP contribution in [0.25, 0.3) is 17.2 Å². The van der Waals surface area contributed by atoms with Crippen molar-refractivity contribution < 1.29 is 22.4 Å². The SMILES string of the molecule is COc1cccc(C)c1-n1c(CS(=O)(=O)[C@@H](C)[C@H](OC)c2ncc(C)cn2)nnc1-c1noc(C)c1C. The number of benzene rings is 1. The van der Waals surface area contributed by atoms with Gasteiger partial charge in [0.25, 0.3) is 0 Å². The summed E-state index contributed by atoms with van der Waals surface area (Å²) in [7, 11) is -0.841. The minimum absolute atomic E-state index is 0.203. The van der Waals surface area contributed by atoms with Crippen molar-refractivity contribution in [3.63, 3.8) is 0 Å². The molecule has 196 valence electrons. The van der Waals surface area contributed by atoms with Crippen LogP contribution >= 0.6 is 0 Å². The summed E-state index contributed by atoms with van der Waals surface area (Å²) in [5.74, 6) is 1.60. The normalized spacial score (nSPS) is 13.5. The first-order chi connectivity index (χ1) is 17.6. The predicted octanol–water partition coefficient (Wildman–Crippen LogP) is 3.65. The number of hydrogen-bond donors (Lipinski definition) is 0. The smallest absolute Gasteiger partial charge is 0.191 e. The second kappa shape index (κ2) is 10.4. The van der Waals surface area contributed by atoms with Crippen LogP contribution < -0.4 is 4.74 Å². The van der Waals surface area contributed by atoms with Crippen molar-refractivity contribution in [1.29, 1.82) is 0 Å². The summed E-state index contributed by atoms with van der Waals surface area (Å²) in [5, 5.41) is 11.8. The molecule has 0 saturated heterocycles. The number of aromatic nitrogens is 6. The largest absolute Gasteiger partial charge is 0.495 e. The molecule has 2 atom stereocenters. The number of rotatable bonds is 9. The highest BCUT2D eigenvalue weighted by Gasteiger charge is 2.35. The van der Waals surface area contributed by atoms with Crippen molar-refractivity contribution in [3.8, 4) is 23.0 Å². The maximum absolute atomic E-state index is 13.7. The van der Waals surface area contributed by atoms with Crippen LogP contribution in [0.4, 0.5) is 0 Å². The standard InChI is InChI=1S/C25H30N6O5S/c1-14-11-26-24(27-12-14)23(35-7)18(5)37(32,33)13-20-28-29-25(21-16(3)17(4)36-30-21)31(20)22-15(2)9-8-10-19(22)34-6/h8-12,18,23H,13H2,1-7H3/t18-,23-/m0/s1. The highest BCUT2D eigenvalue weighted by Crippen LogP contribution is 2.34. The number of aryl methyl sites for hydroxylation is 3. The van der Waals surface area contributed by atoms with E-state index in [0.29, 0.717) is 34.5 Å². The lowest BCUT2D eigenvalue weighted by Crippen LogP contribution is -2.30. The molecule has 12 heteroatoms. The minimum atomic E-state index is -3.83. The van der Waals surface area contributed by atoms with Crippen LogP contribution in [-0.4, -0.2) is 57.8 Å². The quantitative estimate of drug-likeness (QED) is 0.318. The summed E-state index contributed by atoms with van der Waals surface area (Å²) in [6.45, 7) is 8.99. The Bertz CT molecular complexity index is 1510. The molecule has 0 unspecified atom stereocenters. The number of ether oxygens (including phenoxy) is 2. The van der Waals surface area contributed by atoms with Gasteiger partial charge in [-0.2, -0.15) is 0 Å². The maximum atomic E-state index is 13.7. The van der Waals surface area contributed by atoms with E-state index in [2.05, 4.69) is 25.3 Å². The Labute approximate surface area is 215 Å². The van der Waals surface area contributed by atoms with Crippen LogP contribution in [0.15, 0.2) is 35.1 Å². The molecule has 0 amide bonds. The van der Waals surface area contributed by atoms with Gasteiger partial charge in [0.15, 0.2) is 33.0 Å². The van der Waals surface area contributed by atoms with E-state index < -0.39 is 26.9 Å². The van der Waals surface area contributed by atoms with Crippen LogP contribution in [0.5, 0.6) is 5.75 Å². The predicted molar refractivity (Wildman–Crippen MR) is 136 cm³/mol. The molecule has 0 fully saturated rings. The Morgan fingerprint density at radius 2 is 1.76 bits per heavy atom. The van der Waals surface area contributed by atoms with Gasteiger partial charge in [0, 0.05) is 25.1 Å². The van der Waals surface area contributed by atoms with Crippen molar-refractivity contribution in [3.05, 3.63) is 64.7 Å². The molecule has 0 spiro atoms. The molecule has 0 saturated carbocycles. The van der Waals surface area contributed by atoms with Gasteiger partial charge < -0.3 is 14.0 Å². The Hall–Kier alpha value is -3.64. The fraction of sp³-hybridized carbons (Fsp3) is 0.400. The van der Waals surface area contributed by atoms with Crippen LogP contribution in [0, 0.1) is 27.7 Å². The van der Waals surface area contributed by atoms with E-state index in [-0.39, 0.29) is 5.82 Å². The number of nitrogens with zero attached hydrogens (tertiary/aromatic N) is 6. The van der Waals surface area contributed by atoms with Crippen LogP contribution in [0.2, 0.25) is 0 Å². The highest BCUT2D eigenvalue weighted by molar-refractivity contribution is 7.91. The lowest BCUT2D eigenvalue weighted by Gasteiger charge is -2.22. The zero-order chi connectivity index (χ0) is 26.9. The molecule has 11 nitrogen and oxygen atoms in total. The van der Waals surface area contributed by atoms with Gasteiger partial charge >= 0.3 is 0 Å². The van der Waals surface area contributed by atoms with E-state index >= 15 is 0 Å². The Balaban J connectivity index is 1.83. The molecule has 0 aliphatic carbocycles. The topological polar surface area (TPSA) is 135 Å². The molecule has 0 aliphatic rings. The van der Waals surface area contributed by atoms with Gasteiger partial charge in [0.2, 0.25) is 0 Å². The Kier molecular flexibility index (Phi) is 7.42. The first-order valence-corrected chi connectivity index (χ1v) is 13.3. The summed E-state index contributed by atoms with van der Waals surface area (Å²) in [4.78, 5) is 8.55. The number of methoxy groups -OCH3 is 2. The van der Waals surface area contributed by atoms with Gasteiger partial charge in [0.05, 0.1) is 18.0 Å². The molecule has 1 aromatic carbocycles. The molecule has 0 bridgehead atoms. The van der Waals surface area contributed by atoms with Crippen molar-refractivity contribution in [2.75, 3.05) is 14.2 Å². The second-order valence-electron chi connectivity index (χ2n) is 8.90. The summed E-state index contributed by atoms with van der Waals surface area (Å²) < 4.78 is 45.6. The fourth-order valence-electron chi connectivity index (χ4n) is 4.06. The number of hydrogen-bond acceptors (Lipinski definition) is 10. The Morgan fingerprint density at radius 1 is 1.05 bits per heavy atom. The lowest BCUT2D eigenvalue weighted by atomic mass is 10.1. The van der Waals surface area contributed by atoms with Crippen LogP contribution in [0.3, 0.4) is 0 Å². The fourth-order valence-corrected chi connectivity index (χ4v) is 5.48. The first-order valence-electron chi connectivity index (χ1n) is 11.6. The monoisotopic (exact) mass is 526 g/mol. The van der Waals surface area contributed by atoms with Crippen molar-refractivity contribution in [2.24, 2.45) is 0 Å². The third-order valence-corrected chi connectivity index (χ3v) is 8.42. The van der Waals surface area contributed by atoms with Crippen LogP contribution in [-0.2, 0) is 20.3 Å². The zero-order valence-corrected chi connectivity index (χ0v) is 22.7. The average Bonchev–Trinajstić information content (AvgIpc) is 3.42. The third kappa shape index (κ3) is 4.98. The molecule has 3 aromatic heterocycles. The minimum Gasteiger partial charge on any atom is -0.495 e. The molecule has 4 aromatic rings. The molecule has 0 aliphatic heterocycles. The van der Waals surface area contributed by atoms with Gasteiger partial charge in [-0.3, -0.25) is 4.57 Å². The van der Waals surface area contributed by atoms with Crippen LogP contribution in [0.1, 0.15) is 47.1 Å². The molecule has 4 rings (SSSR count). The molecular formula is C25H30N6O5S. The van der Waals surface area contributed by atoms with E-state index in [9.17, 15) is 8.42 Å². The van der Waals surface area contributed by atoms with Gasteiger partial charge in [0.1, 0.15) is 23.4 Å².